The highest BCUT2D eigenvalue weighted by molar-refractivity contribution is 5.90. The molecule has 3 nitrogen and oxygen atoms in total. The van der Waals surface area contributed by atoms with E-state index < -0.39 is 18.2 Å². The topological polar surface area (TPSA) is 35.5 Å². The molecule has 0 saturated heterocycles. The Morgan fingerprint density at radius 3 is 1.65 bits per heavy atom. The van der Waals surface area contributed by atoms with E-state index in [1.165, 1.54) is 5.56 Å². The molecule has 186 valence electrons. The van der Waals surface area contributed by atoms with Gasteiger partial charge in [0.25, 0.3) is 0 Å². The van der Waals surface area contributed by atoms with Crippen molar-refractivity contribution in [3.8, 4) is 5.75 Å². The normalized spacial score (nSPS) is 12.6. The summed E-state index contributed by atoms with van der Waals surface area (Å²) in [6, 6.07) is 36.6. The van der Waals surface area contributed by atoms with Gasteiger partial charge in [0.15, 0.2) is 12.2 Å². The summed E-state index contributed by atoms with van der Waals surface area (Å²) in [6.45, 7) is 8.25. The average Bonchev–Trinajstić information content (AvgIpc) is 2.91. The predicted molar refractivity (Wildman–Crippen MR) is 151 cm³/mol. The van der Waals surface area contributed by atoms with Gasteiger partial charge in [0.05, 0.1) is 0 Å². The quantitative estimate of drug-likeness (QED) is 0.225. The van der Waals surface area contributed by atoms with Crippen LogP contribution < -0.4 is 4.74 Å². The van der Waals surface area contributed by atoms with E-state index in [0.29, 0.717) is 5.75 Å². The molecule has 0 bridgehead atoms. The van der Waals surface area contributed by atoms with E-state index >= 15 is 0 Å². The van der Waals surface area contributed by atoms with E-state index in [2.05, 4.69) is 57.2 Å². The van der Waals surface area contributed by atoms with Crippen molar-refractivity contribution in [1.82, 2.24) is 0 Å². The number of rotatable bonds is 6. The van der Waals surface area contributed by atoms with Gasteiger partial charge in [0.2, 0.25) is 0 Å². The zero-order valence-corrected chi connectivity index (χ0v) is 21.8. The van der Waals surface area contributed by atoms with Crippen LogP contribution in [0.5, 0.6) is 5.75 Å². The minimum absolute atomic E-state index is 0.0488. The summed E-state index contributed by atoms with van der Waals surface area (Å²) >= 11 is 0. The summed E-state index contributed by atoms with van der Waals surface area (Å²) in [7, 11) is 0. The van der Waals surface area contributed by atoms with Gasteiger partial charge in [0.1, 0.15) is 5.75 Å². The van der Waals surface area contributed by atoms with E-state index in [1.54, 1.807) is 6.92 Å². The highest BCUT2D eigenvalue weighted by Crippen LogP contribution is 2.36. The SMILES string of the molecule is C[C@@H](Oc1ccc(C(C)(C)C)cc1)C(=O)OC(c1cccc2ccccc12)c1cccc2ccccc12. The molecule has 0 saturated carbocycles. The van der Waals surface area contributed by atoms with Gasteiger partial charge >= 0.3 is 5.97 Å². The molecule has 0 aliphatic carbocycles. The van der Waals surface area contributed by atoms with Crippen molar-refractivity contribution >= 4 is 27.5 Å². The maximum Gasteiger partial charge on any atom is 0.347 e. The minimum Gasteiger partial charge on any atom is -0.479 e. The number of hydrogen-bond donors (Lipinski definition) is 0. The zero-order valence-electron chi connectivity index (χ0n) is 21.8. The molecule has 0 amide bonds. The fourth-order valence-electron chi connectivity index (χ4n) is 4.75. The number of benzene rings is 5. The Kier molecular flexibility index (Phi) is 6.71. The van der Waals surface area contributed by atoms with Crippen LogP contribution >= 0.6 is 0 Å². The van der Waals surface area contributed by atoms with E-state index in [4.69, 9.17) is 9.47 Å². The summed E-state index contributed by atoms with van der Waals surface area (Å²) in [5, 5.41) is 4.32. The number of hydrogen-bond acceptors (Lipinski definition) is 3. The largest absolute Gasteiger partial charge is 0.479 e. The van der Waals surface area contributed by atoms with Gasteiger partial charge in [-0.3, -0.25) is 0 Å². The van der Waals surface area contributed by atoms with E-state index in [1.807, 2.05) is 72.8 Å². The van der Waals surface area contributed by atoms with Crippen LogP contribution in [0.3, 0.4) is 0 Å². The average molecular weight is 489 g/mol. The van der Waals surface area contributed by atoms with Gasteiger partial charge in [-0.1, -0.05) is 118 Å². The van der Waals surface area contributed by atoms with Crippen molar-refractivity contribution < 1.29 is 14.3 Å². The summed E-state index contributed by atoms with van der Waals surface area (Å²) in [4.78, 5) is 13.5. The molecular formula is C34H32O3. The first kappa shape index (κ1) is 24.6. The number of ether oxygens (including phenoxy) is 2. The highest BCUT2D eigenvalue weighted by Gasteiger charge is 2.27. The molecule has 5 aromatic rings. The molecule has 1 atom stereocenters. The Morgan fingerprint density at radius 2 is 1.14 bits per heavy atom. The zero-order chi connectivity index (χ0) is 26.0. The van der Waals surface area contributed by atoms with Crippen molar-refractivity contribution in [1.29, 1.82) is 0 Å². The second kappa shape index (κ2) is 10.1. The van der Waals surface area contributed by atoms with Crippen molar-refractivity contribution in [3.63, 3.8) is 0 Å². The first-order chi connectivity index (χ1) is 17.8. The minimum atomic E-state index is -0.770. The van der Waals surface area contributed by atoms with Gasteiger partial charge in [-0.2, -0.15) is 0 Å². The fraction of sp³-hybridized carbons (Fsp3) is 0.206. The second-order valence-corrected chi connectivity index (χ2v) is 10.5. The van der Waals surface area contributed by atoms with E-state index in [0.717, 1.165) is 32.7 Å². The van der Waals surface area contributed by atoms with Gasteiger partial charge in [-0.15, -0.1) is 0 Å². The molecule has 0 aliphatic heterocycles. The lowest BCUT2D eigenvalue weighted by atomic mass is 9.87. The molecule has 0 fully saturated rings. The van der Waals surface area contributed by atoms with Crippen LogP contribution in [0, 0.1) is 0 Å². The molecule has 0 heterocycles. The predicted octanol–water partition coefficient (Wildman–Crippen LogP) is 8.39. The molecule has 3 heteroatoms. The van der Waals surface area contributed by atoms with E-state index in [-0.39, 0.29) is 5.41 Å². The standard InChI is InChI=1S/C34H32O3/c1-23(36-27-21-19-26(20-22-27)34(2,3)4)33(35)37-32(30-17-9-13-24-11-5-7-15-28(24)30)31-18-10-14-25-12-6-8-16-29(25)31/h5-23,32H,1-4H3/t23-/m1/s1. The molecule has 5 rings (SSSR count). The summed E-state index contributed by atoms with van der Waals surface area (Å²) < 4.78 is 12.3. The highest BCUT2D eigenvalue weighted by atomic mass is 16.6. The number of fused-ring (bicyclic) bond motifs is 2. The molecule has 0 radical (unpaired) electrons. The van der Waals surface area contributed by atoms with Crippen LogP contribution in [0.1, 0.15) is 50.5 Å². The first-order valence-corrected chi connectivity index (χ1v) is 12.7. The third-order valence-electron chi connectivity index (χ3n) is 6.81. The van der Waals surface area contributed by atoms with Crippen molar-refractivity contribution in [2.24, 2.45) is 0 Å². The molecule has 5 aromatic carbocycles. The number of esters is 1. The number of carbonyl (C=O) groups is 1. The maximum absolute atomic E-state index is 13.5. The van der Waals surface area contributed by atoms with E-state index in [9.17, 15) is 4.79 Å². The van der Waals surface area contributed by atoms with Crippen LogP contribution in [0.25, 0.3) is 21.5 Å². The molecule has 0 spiro atoms. The molecule has 0 N–H and O–H groups in total. The van der Waals surface area contributed by atoms with Crippen LogP contribution in [0.2, 0.25) is 0 Å². The molecule has 0 aliphatic rings. The monoisotopic (exact) mass is 488 g/mol. The molecule has 0 aromatic heterocycles. The second-order valence-electron chi connectivity index (χ2n) is 10.5. The van der Waals surface area contributed by atoms with Gasteiger partial charge < -0.3 is 9.47 Å². The van der Waals surface area contributed by atoms with Crippen molar-refractivity contribution in [2.75, 3.05) is 0 Å². The lowest BCUT2D eigenvalue weighted by molar-refractivity contribution is -0.155. The lowest BCUT2D eigenvalue weighted by Gasteiger charge is -2.24. The lowest BCUT2D eigenvalue weighted by Crippen LogP contribution is -2.28. The number of carbonyl (C=O) groups excluding carboxylic acids is 1. The summed E-state index contributed by atoms with van der Waals surface area (Å²) in [5.74, 6) is 0.232. The van der Waals surface area contributed by atoms with Crippen LogP contribution in [0.15, 0.2) is 109 Å². The Labute approximate surface area is 218 Å². The Balaban J connectivity index is 1.49. The summed E-state index contributed by atoms with van der Waals surface area (Å²) in [5.41, 5.74) is 3.16. The Morgan fingerprint density at radius 1 is 0.649 bits per heavy atom. The maximum atomic E-state index is 13.5. The Hall–Kier alpha value is -4.11. The van der Waals surface area contributed by atoms with Crippen molar-refractivity contribution in [2.45, 2.75) is 45.3 Å². The smallest absolute Gasteiger partial charge is 0.347 e. The molecular weight excluding hydrogens is 456 g/mol. The Bertz CT molecular complexity index is 1450. The summed E-state index contributed by atoms with van der Waals surface area (Å²) in [6.07, 6.45) is -1.35. The van der Waals surface area contributed by atoms with Crippen molar-refractivity contribution in [3.05, 3.63) is 126 Å². The van der Waals surface area contributed by atoms with Gasteiger partial charge in [-0.25, -0.2) is 4.79 Å². The van der Waals surface area contributed by atoms with Crippen LogP contribution in [-0.4, -0.2) is 12.1 Å². The third-order valence-corrected chi connectivity index (χ3v) is 6.81. The van der Waals surface area contributed by atoms with Crippen LogP contribution in [-0.2, 0) is 14.9 Å². The first-order valence-electron chi connectivity index (χ1n) is 12.7. The van der Waals surface area contributed by atoms with Gasteiger partial charge in [0, 0.05) is 11.1 Å². The van der Waals surface area contributed by atoms with Crippen LogP contribution in [0.4, 0.5) is 0 Å². The molecule has 37 heavy (non-hydrogen) atoms. The fourth-order valence-corrected chi connectivity index (χ4v) is 4.75. The van der Waals surface area contributed by atoms with Gasteiger partial charge in [-0.05, 0) is 51.6 Å². The molecule has 0 unspecified atom stereocenters. The third kappa shape index (κ3) is 5.22.